The quantitative estimate of drug-likeness (QED) is 0.790. The van der Waals surface area contributed by atoms with E-state index in [1.54, 1.807) is 12.1 Å². The van der Waals surface area contributed by atoms with Crippen LogP contribution in [0.1, 0.15) is 24.5 Å². The van der Waals surface area contributed by atoms with Gasteiger partial charge in [-0.15, -0.1) is 0 Å². The fraction of sp³-hybridized carbons (Fsp3) is 0.250. The van der Waals surface area contributed by atoms with E-state index in [9.17, 15) is 13.2 Å². The molecule has 0 unspecified atom stereocenters. The average molecular weight is 236 g/mol. The Hall–Kier alpha value is -1.42. The highest BCUT2D eigenvalue weighted by molar-refractivity contribution is 7.95. The number of aryl methyl sites for hydroxylation is 1. The van der Waals surface area contributed by atoms with Crippen LogP contribution in [0.15, 0.2) is 28.5 Å². The first-order valence-corrected chi connectivity index (χ1v) is 6.51. The van der Waals surface area contributed by atoms with Crippen LogP contribution in [-0.4, -0.2) is 14.2 Å². The molecule has 0 aromatic heterocycles. The van der Waals surface area contributed by atoms with Gasteiger partial charge in [0.2, 0.25) is 9.84 Å². The molecule has 0 atom stereocenters. The van der Waals surface area contributed by atoms with Gasteiger partial charge < -0.3 is 0 Å². The number of fused-ring (bicyclic) bond motifs is 1. The van der Waals surface area contributed by atoms with E-state index >= 15 is 0 Å². The standard InChI is InChI=1S/C12H12O3S/c1-8-4-3-5-11-12(8)10(6-9(2)13)7-16(11,14)15/h3-5,7H,6H2,1-2H3. The zero-order valence-corrected chi connectivity index (χ0v) is 9.97. The van der Waals surface area contributed by atoms with Gasteiger partial charge in [0.25, 0.3) is 0 Å². The predicted molar refractivity (Wildman–Crippen MR) is 61.6 cm³/mol. The first-order valence-electron chi connectivity index (χ1n) is 4.97. The maximum absolute atomic E-state index is 11.8. The fourth-order valence-electron chi connectivity index (χ4n) is 2.00. The largest absolute Gasteiger partial charge is 0.300 e. The molecule has 1 aromatic rings. The molecule has 16 heavy (non-hydrogen) atoms. The Morgan fingerprint density at radius 1 is 1.31 bits per heavy atom. The Morgan fingerprint density at radius 2 is 2.00 bits per heavy atom. The molecule has 2 rings (SSSR count). The molecule has 0 fully saturated rings. The lowest BCUT2D eigenvalue weighted by Gasteiger charge is -2.06. The molecular weight excluding hydrogens is 224 g/mol. The lowest BCUT2D eigenvalue weighted by molar-refractivity contribution is -0.116. The Bertz CT molecular complexity index is 595. The normalized spacial score (nSPS) is 16.8. The van der Waals surface area contributed by atoms with Crippen LogP contribution in [0.3, 0.4) is 0 Å². The van der Waals surface area contributed by atoms with Gasteiger partial charge in [0.15, 0.2) is 0 Å². The summed E-state index contributed by atoms with van der Waals surface area (Å²) < 4.78 is 23.6. The van der Waals surface area contributed by atoms with E-state index in [0.717, 1.165) is 5.56 Å². The molecule has 1 heterocycles. The number of benzene rings is 1. The van der Waals surface area contributed by atoms with Gasteiger partial charge in [-0.05, 0) is 31.1 Å². The number of ketones is 1. The lowest BCUT2D eigenvalue weighted by Crippen LogP contribution is -1.96. The van der Waals surface area contributed by atoms with Crippen molar-refractivity contribution >= 4 is 21.2 Å². The lowest BCUT2D eigenvalue weighted by atomic mass is 9.98. The van der Waals surface area contributed by atoms with Crippen LogP contribution in [0.4, 0.5) is 0 Å². The highest BCUT2D eigenvalue weighted by atomic mass is 32.2. The molecule has 0 amide bonds. The van der Waals surface area contributed by atoms with Gasteiger partial charge in [-0.3, -0.25) is 4.79 Å². The molecule has 3 nitrogen and oxygen atoms in total. The summed E-state index contributed by atoms with van der Waals surface area (Å²) in [6.45, 7) is 3.32. The number of hydrogen-bond acceptors (Lipinski definition) is 3. The topological polar surface area (TPSA) is 51.2 Å². The van der Waals surface area contributed by atoms with Crippen LogP contribution in [-0.2, 0) is 14.6 Å². The number of rotatable bonds is 2. The van der Waals surface area contributed by atoms with Crippen molar-refractivity contribution in [3.63, 3.8) is 0 Å². The van der Waals surface area contributed by atoms with Gasteiger partial charge in [0, 0.05) is 17.4 Å². The van der Waals surface area contributed by atoms with Crippen LogP contribution in [0.5, 0.6) is 0 Å². The van der Waals surface area contributed by atoms with E-state index in [-0.39, 0.29) is 12.2 Å². The van der Waals surface area contributed by atoms with Crippen molar-refractivity contribution in [3.05, 3.63) is 34.7 Å². The van der Waals surface area contributed by atoms with E-state index in [0.29, 0.717) is 16.0 Å². The number of carbonyl (C=O) groups excluding carboxylic acids is 1. The van der Waals surface area contributed by atoms with Gasteiger partial charge in [-0.25, -0.2) is 8.42 Å². The number of carbonyl (C=O) groups is 1. The molecule has 0 aliphatic carbocycles. The van der Waals surface area contributed by atoms with Crippen LogP contribution >= 0.6 is 0 Å². The van der Waals surface area contributed by atoms with E-state index in [4.69, 9.17) is 0 Å². The maximum atomic E-state index is 11.8. The highest BCUT2D eigenvalue weighted by Gasteiger charge is 2.28. The summed E-state index contributed by atoms with van der Waals surface area (Å²) in [5.41, 5.74) is 2.21. The minimum Gasteiger partial charge on any atom is -0.300 e. The summed E-state index contributed by atoms with van der Waals surface area (Å²) in [7, 11) is -3.34. The molecule has 0 saturated carbocycles. The summed E-state index contributed by atoms with van der Waals surface area (Å²) in [6, 6.07) is 5.16. The van der Waals surface area contributed by atoms with Gasteiger partial charge in [-0.1, -0.05) is 12.1 Å². The second-order valence-electron chi connectivity index (χ2n) is 4.01. The first kappa shape index (κ1) is 11.1. The van der Waals surface area contributed by atoms with Gasteiger partial charge in [0.1, 0.15) is 5.78 Å². The predicted octanol–water partition coefficient (Wildman–Crippen LogP) is 2.10. The molecule has 1 aliphatic rings. The minimum absolute atomic E-state index is 0.0300. The van der Waals surface area contributed by atoms with Crippen molar-refractivity contribution in [2.24, 2.45) is 0 Å². The zero-order chi connectivity index (χ0) is 11.9. The monoisotopic (exact) mass is 236 g/mol. The third kappa shape index (κ3) is 1.69. The maximum Gasteiger partial charge on any atom is 0.200 e. The Balaban J connectivity index is 2.67. The van der Waals surface area contributed by atoms with Crippen molar-refractivity contribution in [2.75, 3.05) is 0 Å². The van der Waals surface area contributed by atoms with Crippen molar-refractivity contribution in [3.8, 4) is 0 Å². The number of sulfone groups is 1. The van der Waals surface area contributed by atoms with Crippen molar-refractivity contribution in [1.29, 1.82) is 0 Å². The Morgan fingerprint density at radius 3 is 2.62 bits per heavy atom. The molecule has 0 spiro atoms. The minimum atomic E-state index is -3.34. The van der Waals surface area contributed by atoms with Crippen molar-refractivity contribution in [1.82, 2.24) is 0 Å². The van der Waals surface area contributed by atoms with Gasteiger partial charge in [-0.2, -0.15) is 0 Å². The molecule has 1 aliphatic heterocycles. The number of Topliss-reactive ketones (excluding diaryl/α,β-unsaturated/α-hetero) is 1. The molecule has 0 bridgehead atoms. The molecule has 84 valence electrons. The summed E-state index contributed by atoms with van der Waals surface area (Å²) in [4.78, 5) is 11.4. The second-order valence-corrected chi connectivity index (χ2v) is 5.78. The fourth-order valence-corrected chi connectivity index (χ4v) is 3.54. The third-order valence-corrected chi connectivity index (χ3v) is 4.15. The van der Waals surface area contributed by atoms with Crippen LogP contribution in [0.25, 0.3) is 5.57 Å². The first-order chi connectivity index (χ1) is 7.42. The molecular formula is C12H12O3S. The van der Waals surface area contributed by atoms with Gasteiger partial charge in [0.05, 0.1) is 4.90 Å². The van der Waals surface area contributed by atoms with E-state index in [1.807, 2.05) is 13.0 Å². The second kappa shape index (κ2) is 3.56. The molecule has 4 heteroatoms. The Kier molecular flexibility index (Phi) is 2.46. The summed E-state index contributed by atoms with van der Waals surface area (Å²) >= 11 is 0. The van der Waals surface area contributed by atoms with Crippen LogP contribution in [0.2, 0.25) is 0 Å². The smallest absolute Gasteiger partial charge is 0.200 e. The van der Waals surface area contributed by atoms with Crippen LogP contribution in [0, 0.1) is 6.92 Å². The third-order valence-electron chi connectivity index (χ3n) is 2.60. The van der Waals surface area contributed by atoms with Crippen molar-refractivity contribution in [2.45, 2.75) is 25.2 Å². The van der Waals surface area contributed by atoms with Crippen LogP contribution < -0.4 is 0 Å². The highest BCUT2D eigenvalue weighted by Crippen LogP contribution is 2.37. The van der Waals surface area contributed by atoms with Crippen molar-refractivity contribution < 1.29 is 13.2 Å². The van der Waals surface area contributed by atoms with Gasteiger partial charge >= 0.3 is 0 Å². The SMILES string of the molecule is CC(=O)CC1=CS(=O)(=O)c2cccc(C)c21. The average Bonchev–Trinajstić information content (AvgIpc) is 2.38. The molecule has 0 radical (unpaired) electrons. The summed E-state index contributed by atoms with van der Waals surface area (Å²) in [6.07, 6.45) is 0.178. The Labute approximate surface area is 94.7 Å². The molecule has 0 N–H and O–H groups in total. The molecule has 0 saturated heterocycles. The zero-order valence-electron chi connectivity index (χ0n) is 9.15. The van der Waals surface area contributed by atoms with E-state index < -0.39 is 9.84 Å². The number of hydrogen-bond donors (Lipinski definition) is 0. The summed E-state index contributed by atoms with van der Waals surface area (Å²) in [5.74, 6) is -0.0300. The number of allylic oxidation sites excluding steroid dienone is 1. The summed E-state index contributed by atoms with van der Waals surface area (Å²) in [5, 5.41) is 1.21. The molecule has 1 aromatic carbocycles. The van der Waals surface area contributed by atoms with E-state index in [1.165, 1.54) is 12.3 Å². The van der Waals surface area contributed by atoms with E-state index in [2.05, 4.69) is 0 Å².